The van der Waals surface area contributed by atoms with Gasteiger partial charge in [0.05, 0.1) is 11.7 Å². The Hall–Kier alpha value is -3.33. The van der Waals surface area contributed by atoms with E-state index < -0.39 is 30.0 Å². The highest BCUT2D eigenvalue weighted by Crippen LogP contribution is 2.39. The number of carbonyl (C=O) groups is 1. The summed E-state index contributed by atoms with van der Waals surface area (Å²) in [6, 6.07) is 10.7. The molecule has 6 nitrogen and oxygen atoms in total. The number of aromatic nitrogens is 2. The number of urea groups is 1. The van der Waals surface area contributed by atoms with Gasteiger partial charge < -0.3 is 20.5 Å². The monoisotopic (exact) mass is 501 g/mol. The van der Waals surface area contributed by atoms with Crippen LogP contribution in [0.2, 0.25) is 0 Å². The maximum Gasteiger partial charge on any atom is 0.317 e. The normalized spacial score (nSPS) is 13.3. The maximum absolute atomic E-state index is 14.0. The fourth-order valence-electron chi connectivity index (χ4n) is 4.26. The van der Waals surface area contributed by atoms with Crippen LogP contribution in [-0.2, 0) is 6.54 Å². The molecule has 2 atom stereocenters. The summed E-state index contributed by atoms with van der Waals surface area (Å²) in [7, 11) is 1.53. The molecule has 2 aromatic carbocycles. The lowest BCUT2D eigenvalue weighted by Gasteiger charge is -2.40. The summed E-state index contributed by atoms with van der Waals surface area (Å²) in [5.41, 5.74) is 7.13. The van der Waals surface area contributed by atoms with Gasteiger partial charge in [0.1, 0.15) is 24.1 Å². The van der Waals surface area contributed by atoms with Gasteiger partial charge in [0, 0.05) is 37.9 Å². The number of imidazole rings is 1. The van der Waals surface area contributed by atoms with E-state index in [-0.39, 0.29) is 31.4 Å². The number of amides is 2. The van der Waals surface area contributed by atoms with Crippen LogP contribution in [0.15, 0.2) is 54.7 Å². The molecule has 0 aliphatic rings. The lowest BCUT2D eigenvalue weighted by atomic mass is 9.84. The predicted octanol–water partition coefficient (Wildman–Crippen LogP) is 5.29. The molecule has 1 aromatic heterocycles. The number of hydrogen-bond acceptors (Lipinski definition) is 3. The molecular formula is C27H34F3N5O. The molecule has 3 N–H and O–H groups in total. The zero-order valence-electron chi connectivity index (χ0n) is 21.1. The van der Waals surface area contributed by atoms with Crippen molar-refractivity contribution < 1.29 is 18.0 Å². The molecule has 0 aliphatic heterocycles. The topological polar surface area (TPSA) is 76.2 Å². The van der Waals surface area contributed by atoms with Gasteiger partial charge in [-0.3, -0.25) is 0 Å². The molecule has 0 aliphatic carbocycles. The Bertz CT molecular complexity index is 1170. The van der Waals surface area contributed by atoms with E-state index in [1.807, 2.05) is 25.3 Å². The van der Waals surface area contributed by atoms with E-state index in [9.17, 15) is 18.0 Å². The minimum absolute atomic E-state index is 0.203. The molecular weight excluding hydrogens is 467 g/mol. The molecule has 0 saturated carbocycles. The summed E-state index contributed by atoms with van der Waals surface area (Å²) < 4.78 is 42.9. The predicted molar refractivity (Wildman–Crippen MR) is 135 cm³/mol. The van der Waals surface area contributed by atoms with Gasteiger partial charge in [0.25, 0.3) is 0 Å². The summed E-state index contributed by atoms with van der Waals surface area (Å²) in [6.45, 7) is 5.73. The van der Waals surface area contributed by atoms with Crippen LogP contribution in [0.1, 0.15) is 44.6 Å². The summed E-state index contributed by atoms with van der Waals surface area (Å²) in [4.78, 5) is 19.5. The van der Waals surface area contributed by atoms with Crippen LogP contribution in [0.4, 0.5) is 18.0 Å². The molecule has 0 fully saturated rings. The van der Waals surface area contributed by atoms with Gasteiger partial charge in [0.2, 0.25) is 0 Å². The number of nitrogens with one attached hydrogen (secondary N) is 1. The van der Waals surface area contributed by atoms with Gasteiger partial charge in [-0.15, -0.1) is 0 Å². The van der Waals surface area contributed by atoms with E-state index in [2.05, 4.69) is 5.32 Å². The molecule has 3 aromatic rings. The van der Waals surface area contributed by atoms with Crippen LogP contribution in [0, 0.1) is 17.0 Å². The van der Waals surface area contributed by atoms with Crippen molar-refractivity contribution in [3.8, 4) is 11.3 Å². The Morgan fingerprint density at radius 2 is 1.81 bits per heavy atom. The number of carbonyl (C=O) groups excluding carboxylic acids is 1. The van der Waals surface area contributed by atoms with E-state index in [1.165, 1.54) is 31.3 Å². The van der Waals surface area contributed by atoms with Gasteiger partial charge in [0.15, 0.2) is 0 Å². The molecule has 0 bridgehead atoms. The SMILES string of the molecule is CNC(=O)N(CCC(N)CF)C(c1nc(-c2cccc(F)c2)cn1Cc1cccc(F)c1)C(C)(C)C. The molecule has 0 spiro atoms. The second kappa shape index (κ2) is 11.6. The average Bonchev–Trinajstić information content (AvgIpc) is 3.22. The second-order valence-electron chi connectivity index (χ2n) is 9.97. The van der Waals surface area contributed by atoms with Crippen molar-refractivity contribution in [2.24, 2.45) is 11.1 Å². The van der Waals surface area contributed by atoms with Crippen molar-refractivity contribution in [2.75, 3.05) is 20.3 Å². The minimum Gasteiger partial charge on any atom is -0.341 e. The Morgan fingerprint density at radius 1 is 1.14 bits per heavy atom. The molecule has 3 rings (SSSR count). The molecule has 194 valence electrons. The van der Waals surface area contributed by atoms with Crippen molar-refractivity contribution in [3.05, 3.63) is 77.8 Å². The van der Waals surface area contributed by atoms with Crippen LogP contribution >= 0.6 is 0 Å². The standard InChI is InChI=1S/C27H34F3N5O/c1-27(2,3)24(35(26(36)32-4)12-11-22(31)15-28)25-33-23(19-8-6-10-21(30)14-19)17-34(25)16-18-7-5-9-20(29)13-18/h5-10,13-14,17,22,24H,11-12,15-16,31H2,1-4H3,(H,32,36). The number of halogens is 3. The summed E-state index contributed by atoms with van der Waals surface area (Å²) in [5, 5.41) is 2.67. The maximum atomic E-state index is 14.0. The summed E-state index contributed by atoms with van der Waals surface area (Å²) in [6.07, 6.45) is 2.04. The Morgan fingerprint density at radius 3 is 2.39 bits per heavy atom. The van der Waals surface area contributed by atoms with Crippen molar-refractivity contribution in [1.29, 1.82) is 0 Å². The first-order valence-corrected chi connectivity index (χ1v) is 11.9. The highest BCUT2D eigenvalue weighted by molar-refractivity contribution is 5.74. The molecule has 0 saturated heterocycles. The zero-order chi connectivity index (χ0) is 26.5. The lowest BCUT2D eigenvalue weighted by molar-refractivity contribution is 0.106. The molecule has 2 unspecified atom stereocenters. The highest BCUT2D eigenvalue weighted by atomic mass is 19.1. The van der Waals surface area contributed by atoms with Crippen molar-refractivity contribution >= 4 is 6.03 Å². The highest BCUT2D eigenvalue weighted by Gasteiger charge is 2.38. The van der Waals surface area contributed by atoms with E-state index >= 15 is 0 Å². The third-order valence-electron chi connectivity index (χ3n) is 5.96. The summed E-state index contributed by atoms with van der Waals surface area (Å²) in [5.74, 6) is -0.212. The minimum atomic E-state index is -0.701. The largest absolute Gasteiger partial charge is 0.341 e. The number of alkyl halides is 1. The molecule has 36 heavy (non-hydrogen) atoms. The Labute approximate surface area is 210 Å². The smallest absolute Gasteiger partial charge is 0.317 e. The third kappa shape index (κ3) is 6.66. The van der Waals surface area contributed by atoms with E-state index in [0.29, 0.717) is 22.6 Å². The summed E-state index contributed by atoms with van der Waals surface area (Å²) >= 11 is 0. The van der Waals surface area contributed by atoms with E-state index in [1.54, 1.807) is 35.4 Å². The van der Waals surface area contributed by atoms with Crippen LogP contribution < -0.4 is 11.1 Å². The van der Waals surface area contributed by atoms with Gasteiger partial charge in [-0.25, -0.2) is 22.9 Å². The number of hydrogen-bond donors (Lipinski definition) is 2. The van der Waals surface area contributed by atoms with Crippen LogP contribution in [0.5, 0.6) is 0 Å². The lowest BCUT2D eigenvalue weighted by Crippen LogP contribution is -2.47. The van der Waals surface area contributed by atoms with Crippen molar-refractivity contribution in [1.82, 2.24) is 19.8 Å². The number of nitrogens with zero attached hydrogens (tertiary/aromatic N) is 3. The average molecular weight is 502 g/mol. The van der Waals surface area contributed by atoms with Crippen LogP contribution in [-0.4, -0.2) is 46.8 Å². The number of nitrogens with two attached hydrogens (primary N) is 1. The van der Waals surface area contributed by atoms with Crippen LogP contribution in [0.25, 0.3) is 11.3 Å². The van der Waals surface area contributed by atoms with Gasteiger partial charge in [-0.1, -0.05) is 45.0 Å². The van der Waals surface area contributed by atoms with Gasteiger partial charge in [-0.05, 0) is 41.7 Å². The third-order valence-corrected chi connectivity index (χ3v) is 5.96. The second-order valence-corrected chi connectivity index (χ2v) is 9.97. The van der Waals surface area contributed by atoms with Crippen molar-refractivity contribution in [2.45, 2.75) is 45.8 Å². The Balaban J connectivity index is 2.16. The molecule has 1 heterocycles. The first kappa shape index (κ1) is 27.3. The quantitative estimate of drug-likeness (QED) is 0.418. The van der Waals surface area contributed by atoms with E-state index in [0.717, 1.165) is 0 Å². The number of rotatable bonds is 9. The number of benzene rings is 2. The van der Waals surface area contributed by atoms with E-state index in [4.69, 9.17) is 10.7 Å². The molecule has 0 radical (unpaired) electrons. The van der Waals surface area contributed by atoms with Crippen LogP contribution in [0.3, 0.4) is 0 Å². The first-order valence-electron chi connectivity index (χ1n) is 11.9. The zero-order valence-corrected chi connectivity index (χ0v) is 21.1. The molecule has 2 amide bonds. The fourth-order valence-corrected chi connectivity index (χ4v) is 4.26. The fraction of sp³-hybridized carbons (Fsp3) is 0.407. The Kier molecular flexibility index (Phi) is 8.79. The molecule has 9 heteroatoms. The first-order chi connectivity index (χ1) is 17.0. The van der Waals surface area contributed by atoms with Gasteiger partial charge in [-0.2, -0.15) is 0 Å². The van der Waals surface area contributed by atoms with Gasteiger partial charge >= 0.3 is 6.03 Å². The van der Waals surface area contributed by atoms with Crippen molar-refractivity contribution in [3.63, 3.8) is 0 Å².